The third kappa shape index (κ3) is 4.32. The molecule has 106 valence electrons. The number of nitrogens with zero attached hydrogens (tertiary/aromatic N) is 2. The minimum Gasteiger partial charge on any atom is -0.477 e. The van der Waals surface area contributed by atoms with E-state index < -0.39 is 8.07 Å². The Morgan fingerprint density at radius 3 is 2.50 bits per heavy atom. The van der Waals surface area contributed by atoms with E-state index in [9.17, 15) is 0 Å². The van der Waals surface area contributed by atoms with Gasteiger partial charge in [-0.1, -0.05) is 50.0 Å². The number of rotatable bonds is 5. The first-order valence-electron chi connectivity index (χ1n) is 6.66. The van der Waals surface area contributed by atoms with E-state index in [0.717, 1.165) is 17.2 Å². The van der Waals surface area contributed by atoms with Crippen LogP contribution < -0.4 is 4.74 Å². The van der Waals surface area contributed by atoms with Crippen LogP contribution in [0, 0.1) is 0 Å². The number of ether oxygens (including phenoxy) is 1. The molecule has 5 heteroatoms. The Morgan fingerprint density at radius 1 is 1.15 bits per heavy atom. The second-order valence-electron chi connectivity index (χ2n) is 5.88. The molecular formula is C15H19ClN2OSi. The summed E-state index contributed by atoms with van der Waals surface area (Å²) in [4.78, 5) is 8.27. The third-order valence-corrected chi connectivity index (χ3v) is 4.79. The molecule has 1 aromatic heterocycles. The van der Waals surface area contributed by atoms with E-state index in [0.29, 0.717) is 12.5 Å². The Hall–Kier alpha value is -1.39. The average Bonchev–Trinajstić information content (AvgIpc) is 2.38. The lowest BCUT2D eigenvalue weighted by atomic mass is 10.1. The van der Waals surface area contributed by atoms with E-state index in [-0.39, 0.29) is 5.28 Å². The van der Waals surface area contributed by atoms with Crippen LogP contribution in [0.15, 0.2) is 36.5 Å². The van der Waals surface area contributed by atoms with Gasteiger partial charge in [0.05, 0.1) is 12.2 Å². The van der Waals surface area contributed by atoms with Gasteiger partial charge in [-0.25, -0.2) is 4.98 Å². The summed E-state index contributed by atoms with van der Waals surface area (Å²) >= 11 is 5.88. The highest BCUT2D eigenvalue weighted by molar-refractivity contribution is 6.76. The third-order valence-electron chi connectivity index (χ3n) is 2.90. The van der Waals surface area contributed by atoms with Crippen LogP contribution in [-0.2, 0) is 0 Å². The lowest BCUT2D eigenvalue weighted by molar-refractivity contribution is 0.326. The fraction of sp³-hybridized carbons (Fsp3) is 0.333. The smallest absolute Gasteiger partial charge is 0.225 e. The van der Waals surface area contributed by atoms with Gasteiger partial charge in [0.25, 0.3) is 0 Å². The highest BCUT2D eigenvalue weighted by atomic mass is 35.5. The van der Waals surface area contributed by atoms with Crippen LogP contribution in [0.25, 0.3) is 11.1 Å². The minimum atomic E-state index is -1.12. The summed E-state index contributed by atoms with van der Waals surface area (Å²) in [5.74, 6) is 0.564. The predicted octanol–water partition coefficient (Wildman–Crippen LogP) is 4.51. The monoisotopic (exact) mass is 306 g/mol. The van der Waals surface area contributed by atoms with Crippen molar-refractivity contribution in [3.63, 3.8) is 0 Å². The lowest BCUT2D eigenvalue weighted by Gasteiger charge is -2.16. The van der Waals surface area contributed by atoms with Crippen molar-refractivity contribution in [1.29, 1.82) is 0 Å². The normalized spacial score (nSPS) is 11.4. The van der Waals surface area contributed by atoms with Crippen molar-refractivity contribution in [3.05, 3.63) is 41.8 Å². The molecule has 0 unspecified atom stereocenters. The number of aromatic nitrogens is 2. The molecule has 1 aromatic carbocycles. The summed E-state index contributed by atoms with van der Waals surface area (Å²) in [5, 5.41) is 0.215. The van der Waals surface area contributed by atoms with E-state index in [1.807, 2.05) is 30.3 Å². The summed E-state index contributed by atoms with van der Waals surface area (Å²) in [6, 6.07) is 11.1. The number of hydrogen-bond acceptors (Lipinski definition) is 3. The van der Waals surface area contributed by atoms with Crippen LogP contribution in [0.2, 0.25) is 31.0 Å². The zero-order valence-electron chi connectivity index (χ0n) is 12.1. The summed E-state index contributed by atoms with van der Waals surface area (Å²) < 4.78 is 5.85. The average molecular weight is 307 g/mol. The highest BCUT2D eigenvalue weighted by Crippen LogP contribution is 2.28. The van der Waals surface area contributed by atoms with E-state index in [2.05, 4.69) is 29.6 Å². The largest absolute Gasteiger partial charge is 0.477 e. The van der Waals surface area contributed by atoms with Gasteiger partial charge in [0.15, 0.2) is 0 Å². The Labute approximate surface area is 126 Å². The molecule has 0 spiro atoms. The van der Waals surface area contributed by atoms with Crippen LogP contribution in [-0.4, -0.2) is 24.6 Å². The standard InChI is InChI=1S/C15H19ClN2OSi/c1-20(2,3)10-9-19-14-13(11-17-15(16)18-14)12-7-5-4-6-8-12/h4-8,11H,9-10H2,1-3H3. The SMILES string of the molecule is C[Si](C)(C)CCOc1nc(Cl)ncc1-c1ccccc1. The van der Waals surface area contributed by atoms with Gasteiger partial charge < -0.3 is 4.74 Å². The molecule has 2 rings (SSSR count). The van der Waals surface area contributed by atoms with Crippen LogP contribution in [0.4, 0.5) is 0 Å². The van der Waals surface area contributed by atoms with E-state index in [1.54, 1.807) is 6.20 Å². The Kier molecular flexibility index (Phi) is 4.78. The van der Waals surface area contributed by atoms with Gasteiger partial charge in [-0.05, 0) is 23.2 Å². The summed E-state index contributed by atoms with van der Waals surface area (Å²) in [6.45, 7) is 7.63. The van der Waals surface area contributed by atoms with Gasteiger partial charge in [0.1, 0.15) is 0 Å². The van der Waals surface area contributed by atoms with Crippen molar-refractivity contribution >= 4 is 19.7 Å². The lowest BCUT2D eigenvalue weighted by Crippen LogP contribution is -2.22. The Bertz CT molecular complexity index is 570. The molecule has 0 aliphatic rings. The minimum absolute atomic E-state index is 0.215. The predicted molar refractivity (Wildman–Crippen MR) is 86.1 cm³/mol. The number of benzene rings is 1. The maximum absolute atomic E-state index is 5.88. The Morgan fingerprint density at radius 2 is 1.85 bits per heavy atom. The summed E-state index contributed by atoms with van der Waals surface area (Å²) in [5.41, 5.74) is 1.91. The first-order valence-corrected chi connectivity index (χ1v) is 10.7. The molecule has 0 atom stereocenters. The molecule has 2 aromatic rings. The molecule has 0 radical (unpaired) electrons. The fourth-order valence-corrected chi connectivity index (χ4v) is 2.57. The maximum atomic E-state index is 5.88. The zero-order valence-corrected chi connectivity index (χ0v) is 13.8. The highest BCUT2D eigenvalue weighted by Gasteiger charge is 2.15. The van der Waals surface area contributed by atoms with Gasteiger partial charge in [-0.15, -0.1) is 0 Å². The molecule has 0 aliphatic heterocycles. The van der Waals surface area contributed by atoms with Crippen molar-refractivity contribution < 1.29 is 4.74 Å². The number of halogens is 1. The van der Waals surface area contributed by atoms with Crippen molar-refractivity contribution in [2.75, 3.05) is 6.61 Å². The van der Waals surface area contributed by atoms with Crippen LogP contribution >= 0.6 is 11.6 Å². The van der Waals surface area contributed by atoms with Crippen LogP contribution in [0.1, 0.15) is 0 Å². The molecule has 0 N–H and O–H groups in total. The molecule has 1 heterocycles. The summed E-state index contributed by atoms with van der Waals surface area (Å²) in [6.07, 6.45) is 1.72. The van der Waals surface area contributed by atoms with Crippen molar-refractivity contribution in [2.24, 2.45) is 0 Å². The zero-order chi connectivity index (χ0) is 14.6. The van der Waals surface area contributed by atoms with Gasteiger partial charge in [0.2, 0.25) is 11.2 Å². The van der Waals surface area contributed by atoms with Crippen molar-refractivity contribution in [1.82, 2.24) is 9.97 Å². The van der Waals surface area contributed by atoms with Gasteiger partial charge in [0, 0.05) is 14.3 Å². The molecule has 0 saturated carbocycles. The molecule has 0 aliphatic carbocycles. The molecule has 0 saturated heterocycles. The second kappa shape index (κ2) is 6.37. The molecule has 0 amide bonds. The topological polar surface area (TPSA) is 35.0 Å². The van der Waals surface area contributed by atoms with Gasteiger partial charge in [-0.2, -0.15) is 4.98 Å². The van der Waals surface area contributed by atoms with Crippen LogP contribution in [0.3, 0.4) is 0 Å². The summed E-state index contributed by atoms with van der Waals surface area (Å²) in [7, 11) is -1.12. The van der Waals surface area contributed by atoms with E-state index in [1.165, 1.54) is 0 Å². The van der Waals surface area contributed by atoms with Gasteiger partial charge >= 0.3 is 0 Å². The van der Waals surface area contributed by atoms with Crippen molar-refractivity contribution in [3.8, 4) is 17.0 Å². The first-order chi connectivity index (χ1) is 9.46. The fourth-order valence-electron chi connectivity index (χ4n) is 1.73. The first kappa shape index (κ1) is 15.0. The quantitative estimate of drug-likeness (QED) is 0.602. The molecule has 3 nitrogen and oxygen atoms in total. The maximum Gasteiger partial charge on any atom is 0.225 e. The second-order valence-corrected chi connectivity index (χ2v) is 11.8. The number of hydrogen-bond donors (Lipinski definition) is 0. The molecule has 0 fully saturated rings. The Balaban J connectivity index is 2.21. The van der Waals surface area contributed by atoms with E-state index >= 15 is 0 Å². The molecular weight excluding hydrogens is 288 g/mol. The molecule has 20 heavy (non-hydrogen) atoms. The van der Waals surface area contributed by atoms with E-state index in [4.69, 9.17) is 16.3 Å². The van der Waals surface area contributed by atoms with Crippen LogP contribution in [0.5, 0.6) is 5.88 Å². The van der Waals surface area contributed by atoms with Crippen molar-refractivity contribution in [2.45, 2.75) is 25.7 Å². The van der Waals surface area contributed by atoms with Gasteiger partial charge in [-0.3, -0.25) is 0 Å². The molecule has 0 bridgehead atoms.